The Labute approximate surface area is 189 Å². The molecule has 6 nitrogen and oxygen atoms in total. The molecular weight excluding hydrogens is 424 g/mol. The summed E-state index contributed by atoms with van der Waals surface area (Å²) in [4.78, 5) is 29.3. The summed E-state index contributed by atoms with van der Waals surface area (Å²) >= 11 is 0. The van der Waals surface area contributed by atoms with Crippen LogP contribution in [0.4, 0.5) is 11.4 Å². The van der Waals surface area contributed by atoms with Gasteiger partial charge in [-0.05, 0) is 73.9 Å². The minimum Gasteiger partial charge on any atom is -0.308 e. The Morgan fingerprint density at radius 3 is 2.19 bits per heavy atom. The zero-order valence-corrected chi connectivity index (χ0v) is 19.3. The summed E-state index contributed by atoms with van der Waals surface area (Å²) in [5.41, 5.74) is 3.27. The van der Waals surface area contributed by atoms with Crippen molar-refractivity contribution in [3.05, 3.63) is 42.5 Å². The van der Waals surface area contributed by atoms with Crippen molar-refractivity contribution in [2.45, 2.75) is 50.5 Å². The summed E-state index contributed by atoms with van der Waals surface area (Å²) in [6.45, 7) is 3.99. The second-order valence-electron chi connectivity index (χ2n) is 9.41. The van der Waals surface area contributed by atoms with E-state index in [1.807, 2.05) is 42.2 Å². The molecule has 168 valence electrons. The summed E-state index contributed by atoms with van der Waals surface area (Å²) in [6, 6.07) is 12.7. The van der Waals surface area contributed by atoms with Crippen molar-refractivity contribution >= 4 is 33.0 Å². The third-order valence-corrected chi connectivity index (χ3v) is 8.54. The maximum absolute atomic E-state index is 13.0. The Bertz CT molecular complexity index is 1180. The van der Waals surface area contributed by atoms with E-state index >= 15 is 0 Å². The monoisotopic (exact) mass is 452 g/mol. The van der Waals surface area contributed by atoms with E-state index in [9.17, 15) is 18.0 Å². The summed E-state index contributed by atoms with van der Waals surface area (Å²) in [5.74, 6) is 0.693. The molecule has 7 heteroatoms. The van der Waals surface area contributed by atoms with Gasteiger partial charge < -0.3 is 9.80 Å². The first-order chi connectivity index (χ1) is 15.2. The quantitative estimate of drug-likeness (QED) is 0.686. The van der Waals surface area contributed by atoms with E-state index in [1.165, 1.54) is 0 Å². The van der Waals surface area contributed by atoms with Gasteiger partial charge in [0.05, 0.1) is 28.1 Å². The molecule has 5 rings (SSSR count). The maximum atomic E-state index is 13.0. The summed E-state index contributed by atoms with van der Waals surface area (Å²) in [7, 11) is -3.25. The second kappa shape index (κ2) is 7.73. The van der Waals surface area contributed by atoms with Crippen molar-refractivity contribution in [3.8, 4) is 11.1 Å². The molecule has 3 aliphatic rings. The average Bonchev–Trinajstić information content (AvgIpc) is 3.67. The zero-order valence-electron chi connectivity index (χ0n) is 18.5. The first kappa shape index (κ1) is 21.2. The van der Waals surface area contributed by atoms with Crippen LogP contribution in [0.15, 0.2) is 47.4 Å². The zero-order chi connectivity index (χ0) is 22.6. The fourth-order valence-corrected chi connectivity index (χ4v) is 6.29. The van der Waals surface area contributed by atoms with E-state index in [0.29, 0.717) is 17.4 Å². The lowest BCUT2D eigenvalue weighted by atomic mass is 10.00. The van der Waals surface area contributed by atoms with Gasteiger partial charge >= 0.3 is 0 Å². The van der Waals surface area contributed by atoms with Crippen molar-refractivity contribution in [1.29, 1.82) is 0 Å². The highest BCUT2D eigenvalue weighted by molar-refractivity contribution is 7.91. The van der Waals surface area contributed by atoms with Crippen LogP contribution in [-0.4, -0.2) is 38.6 Å². The van der Waals surface area contributed by atoms with Gasteiger partial charge in [-0.1, -0.05) is 18.2 Å². The normalized spacial score (nSPS) is 20.8. The number of sulfone groups is 1. The van der Waals surface area contributed by atoms with E-state index in [2.05, 4.69) is 0 Å². The molecule has 1 heterocycles. The van der Waals surface area contributed by atoms with Crippen molar-refractivity contribution in [2.24, 2.45) is 11.8 Å². The molecule has 32 heavy (non-hydrogen) atoms. The number of hydrogen-bond donors (Lipinski definition) is 0. The van der Waals surface area contributed by atoms with Crippen molar-refractivity contribution in [2.75, 3.05) is 22.1 Å². The van der Waals surface area contributed by atoms with Crippen LogP contribution in [-0.2, 0) is 19.4 Å². The third-order valence-electron chi connectivity index (χ3n) is 6.64. The van der Waals surface area contributed by atoms with Crippen molar-refractivity contribution in [3.63, 3.8) is 0 Å². The van der Waals surface area contributed by atoms with E-state index < -0.39 is 9.84 Å². The number of hydrogen-bond acceptors (Lipinski definition) is 4. The SMILES string of the molecule is CC(=O)N1c2ccc(-c3ccc(S(=O)(=O)CC4CC4)cc3)cc2N(C(=O)C2CC2)CC1C. The topological polar surface area (TPSA) is 74.8 Å². The number of carbonyl (C=O) groups is 2. The predicted octanol–water partition coefficient (Wildman–Crippen LogP) is 4.04. The Morgan fingerprint density at radius 1 is 0.938 bits per heavy atom. The molecule has 2 aliphatic carbocycles. The van der Waals surface area contributed by atoms with Crippen LogP contribution in [0.25, 0.3) is 11.1 Å². The van der Waals surface area contributed by atoms with Gasteiger partial charge in [-0.2, -0.15) is 0 Å². The molecule has 2 saturated carbocycles. The molecule has 0 spiro atoms. The first-order valence-electron chi connectivity index (χ1n) is 11.3. The molecule has 0 N–H and O–H groups in total. The lowest BCUT2D eigenvalue weighted by Crippen LogP contribution is -2.51. The molecule has 2 fully saturated rings. The van der Waals surface area contributed by atoms with Gasteiger partial charge in [-0.3, -0.25) is 9.59 Å². The molecule has 1 atom stereocenters. The van der Waals surface area contributed by atoms with Gasteiger partial charge in [0.15, 0.2) is 9.84 Å². The predicted molar refractivity (Wildman–Crippen MR) is 124 cm³/mol. The molecular formula is C25H28N2O4S. The summed E-state index contributed by atoms with van der Waals surface area (Å²) in [5, 5.41) is 0. The molecule has 0 aromatic heterocycles. The molecule has 2 aromatic rings. The molecule has 1 unspecified atom stereocenters. The lowest BCUT2D eigenvalue weighted by Gasteiger charge is -2.41. The van der Waals surface area contributed by atoms with Crippen molar-refractivity contribution in [1.82, 2.24) is 0 Å². The van der Waals surface area contributed by atoms with Crippen LogP contribution < -0.4 is 9.80 Å². The van der Waals surface area contributed by atoms with Gasteiger partial charge in [0.1, 0.15) is 0 Å². The van der Waals surface area contributed by atoms with E-state index in [4.69, 9.17) is 0 Å². The standard InChI is InChI=1S/C25H28N2O4S/c1-16-14-26(25(29)20-5-6-20)24-13-21(9-12-23(24)27(16)17(2)28)19-7-10-22(11-8-19)32(30,31)15-18-3-4-18/h7-13,16,18,20H,3-6,14-15H2,1-2H3. The van der Waals surface area contributed by atoms with Gasteiger partial charge in [0.25, 0.3) is 0 Å². The average molecular weight is 453 g/mol. The summed E-state index contributed by atoms with van der Waals surface area (Å²) in [6.07, 6.45) is 3.84. The van der Waals surface area contributed by atoms with Crippen molar-refractivity contribution < 1.29 is 18.0 Å². The molecule has 0 saturated heterocycles. The minimum absolute atomic E-state index is 0.0461. The molecule has 2 amide bonds. The molecule has 0 bridgehead atoms. The highest BCUT2D eigenvalue weighted by Crippen LogP contribution is 2.42. The number of carbonyl (C=O) groups excluding carboxylic acids is 2. The highest BCUT2D eigenvalue weighted by atomic mass is 32.2. The number of amides is 2. The first-order valence-corrected chi connectivity index (χ1v) is 13.0. The minimum atomic E-state index is -3.25. The Morgan fingerprint density at radius 2 is 1.59 bits per heavy atom. The van der Waals surface area contributed by atoms with Gasteiger partial charge in [0.2, 0.25) is 11.8 Å². The Kier molecular flexibility index (Phi) is 5.12. The van der Waals surface area contributed by atoms with Crippen LogP contribution >= 0.6 is 0 Å². The van der Waals surface area contributed by atoms with E-state index in [1.54, 1.807) is 24.0 Å². The number of anilines is 2. The van der Waals surface area contributed by atoms with Gasteiger partial charge in [-0.15, -0.1) is 0 Å². The maximum Gasteiger partial charge on any atom is 0.230 e. The highest BCUT2D eigenvalue weighted by Gasteiger charge is 2.39. The van der Waals surface area contributed by atoms with E-state index in [-0.39, 0.29) is 29.5 Å². The number of nitrogens with zero attached hydrogens (tertiary/aromatic N) is 2. The third kappa shape index (κ3) is 3.94. The molecule has 2 aromatic carbocycles. The largest absolute Gasteiger partial charge is 0.308 e. The van der Waals surface area contributed by atoms with Crippen LogP contribution in [0.2, 0.25) is 0 Å². The van der Waals surface area contributed by atoms with Crippen LogP contribution in [0.1, 0.15) is 39.5 Å². The second-order valence-corrected chi connectivity index (χ2v) is 11.4. The van der Waals surface area contributed by atoms with Gasteiger partial charge in [-0.25, -0.2) is 8.42 Å². The number of fused-ring (bicyclic) bond motifs is 1. The molecule has 0 radical (unpaired) electrons. The number of rotatable bonds is 5. The summed E-state index contributed by atoms with van der Waals surface area (Å²) < 4.78 is 25.1. The van der Waals surface area contributed by atoms with Crippen LogP contribution in [0.5, 0.6) is 0 Å². The van der Waals surface area contributed by atoms with Gasteiger partial charge in [0, 0.05) is 19.4 Å². The molecule has 1 aliphatic heterocycles. The number of benzene rings is 2. The fourth-order valence-electron chi connectivity index (χ4n) is 4.59. The fraction of sp³-hybridized carbons (Fsp3) is 0.440. The smallest absolute Gasteiger partial charge is 0.230 e. The lowest BCUT2D eigenvalue weighted by molar-refractivity contribution is -0.120. The Balaban J connectivity index is 1.50. The van der Waals surface area contributed by atoms with Crippen LogP contribution in [0.3, 0.4) is 0 Å². The Hall–Kier alpha value is -2.67. The van der Waals surface area contributed by atoms with E-state index in [0.717, 1.165) is 48.2 Å². The van der Waals surface area contributed by atoms with Crippen LogP contribution in [0, 0.1) is 11.8 Å².